The third-order valence-corrected chi connectivity index (χ3v) is 15.6. The van der Waals surface area contributed by atoms with Crippen LogP contribution in [0.15, 0.2) is 108 Å². The molecule has 3 heterocycles. The van der Waals surface area contributed by atoms with Crippen LogP contribution < -0.4 is 20.7 Å². The Kier molecular flexibility index (Phi) is 8.68. The van der Waals surface area contributed by atoms with Gasteiger partial charge in [0.15, 0.2) is 5.88 Å². The molecule has 3 aliphatic carbocycles. The molecule has 10 rings (SSSR count). The first-order chi connectivity index (χ1) is 28.9. The van der Waals surface area contributed by atoms with Gasteiger partial charge in [-0.1, -0.05) is 119 Å². The van der Waals surface area contributed by atoms with Crippen molar-refractivity contribution in [1.29, 1.82) is 0 Å². The molecule has 0 fully saturated rings. The van der Waals surface area contributed by atoms with Crippen LogP contribution in [0.25, 0.3) is 0 Å². The van der Waals surface area contributed by atoms with Gasteiger partial charge in [-0.05, 0) is 158 Å². The zero-order valence-corrected chi connectivity index (χ0v) is 38.6. The Bertz CT molecular complexity index is 2730. The zero-order valence-electron chi connectivity index (χ0n) is 38.6. The van der Waals surface area contributed by atoms with Gasteiger partial charge in [0.25, 0.3) is 6.71 Å². The van der Waals surface area contributed by atoms with Gasteiger partial charge in [-0.15, -0.1) is 0 Å². The van der Waals surface area contributed by atoms with Gasteiger partial charge in [-0.2, -0.15) is 13.2 Å². The van der Waals surface area contributed by atoms with E-state index in [0.717, 1.165) is 70.3 Å². The quantitative estimate of drug-likeness (QED) is 0.187. The summed E-state index contributed by atoms with van der Waals surface area (Å²) in [6.07, 6.45) is 9.98. The van der Waals surface area contributed by atoms with Gasteiger partial charge in [0.2, 0.25) is 0 Å². The molecule has 4 aromatic rings. The number of halogens is 3. The molecule has 0 amide bonds. The lowest BCUT2D eigenvalue weighted by molar-refractivity contribution is -0.137. The molecule has 3 nitrogen and oxygen atoms in total. The Morgan fingerprint density at radius 1 is 0.629 bits per heavy atom. The van der Waals surface area contributed by atoms with E-state index in [2.05, 4.69) is 155 Å². The molecule has 320 valence electrons. The number of hydrogen-bond donors (Lipinski definition) is 0. The minimum atomic E-state index is -4.61. The second-order valence-corrected chi connectivity index (χ2v) is 22.7. The van der Waals surface area contributed by atoms with E-state index in [0.29, 0.717) is 23.0 Å². The highest BCUT2D eigenvalue weighted by Crippen LogP contribution is 2.55. The van der Waals surface area contributed by atoms with Crippen LogP contribution >= 0.6 is 0 Å². The maximum absolute atomic E-state index is 15.7. The fraction of sp³-hybridized carbons (Fsp3) is 0.418. The van der Waals surface area contributed by atoms with Crippen molar-refractivity contribution in [3.8, 4) is 0 Å². The van der Waals surface area contributed by atoms with E-state index in [-0.39, 0.29) is 39.7 Å². The van der Waals surface area contributed by atoms with Gasteiger partial charge in [0.1, 0.15) is 5.76 Å². The van der Waals surface area contributed by atoms with E-state index >= 15 is 13.2 Å². The number of hydrogen-bond acceptors (Lipinski definition) is 3. The highest BCUT2D eigenvalue weighted by Gasteiger charge is 2.52. The average Bonchev–Trinajstić information content (AvgIpc) is 3.38. The molecule has 3 aliphatic heterocycles. The number of aryl methyl sites for hydroxylation is 1. The third-order valence-electron chi connectivity index (χ3n) is 15.6. The fourth-order valence-corrected chi connectivity index (χ4v) is 11.5. The van der Waals surface area contributed by atoms with E-state index in [1.54, 1.807) is 0 Å². The van der Waals surface area contributed by atoms with Crippen molar-refractivity contribution in [2.75, 3.05) is 9.80 Å². The largest absolute Gasteiger partial charge is 0.442 e. The number of alkyl halides is 3. The second-order valence-electron chi connectivity index (χ2n) is 22.7. The van der Waals surface area contributed by atoms with E-state index in [1.165, 1.54) is 34.4 Å². The summed E-state index contributed by atoms with van der Waals surface area (Å²) >= 11 is 0. The lowest BCUT2D eigenvalue weighted by atomic mass is 9.31. The van der Waals surface area contributed by atoms with Gasteiger partial charge < -0.3 is 9.64 Å². The van der Waals surface area contributed by atoms with Crippen molar-refractivity contribution >= 4 is 46.1 Å². The molecule has 0 N–H and O–H groups in total. The van der Waals surface area contributed by atoms with Crippen LogP contribution in [-0.2, 0) is 38.0 Å². The fourth-order valence-electron chi connectivity index (χ4n) is 11.5. The Hall–Kier alpha value is -4.91. The smallest absolute Gasteiger partial charge is 0.416 e. The summed E-state index contributed by atoms with van der Waals surface area (Å²) in [4.78, 5) is 4.21. The van der Waals surface area contributed by atoms with Crippen molar-refractivity contribution in [2.24, 2.45) is 5.92 Å². The molecule has 0 aromatic heterocycles. The Balaban J connectivity index is 1.35. The monoisotopic (exact) mass is 832 g/mol. The summed E-state index contributed by atoms with van der Waals surface area (Å²) in [7, 11) is 0. The average molecular weight is 833 g/mol. The SMILES string of the molecule is Cc1cc(C(C)(C)C)ccc1N1C2=C(B3c4cc5c(cc4N(c4ccc6c(c4)C(C)(C)CCC6(C)C)c4cc(C(F)(F)F)cc1c43)C(C)(C)CCC5(C)C)C1C=CC=CC(=C1)O2. The highest BCUT2D eigenvalue weighted by atomic mass is 19.4. The summed E-state index contributed by atoms with van der Waals surface area (Å²) in [5, 5.41) is 0. The number of allylic oxidation sites excluding steroid dienone is 6. The molecular formula is C55H60BF3N2O. The highest BCUT2D eigenvalue weighted by molar-refractivity contribution is 6.95. The molecular weight excluding hydrogens is 772 g/mol. The van der Waals surface area contributed by atoms with E-state index in [1.807, 2.05) is 17.1 Å². The summed E-state index contributed by atoms with van der Waals surface area (Å²) in [6.45, 7) is 26.9. The van der Waals surface area contributed by atoms with Crippen LogP contribution in [-0.4, -0.2) is 6.71 Å². The molecule has 1 atom stereocenters. The third kappa shape index (κ3) is 6.14. The molecule has 2 bridgehead atoms. The lowest BCUT2D eigenvalue weighted by Gasteiger charge is -2.49. The van der Waals surface area contributed by atoms with Crippen molar-refractivity contribution in [3.63, 3.8) is 0 Å². The molecule has 0 radical (unpaired) electrons. The summed E-state index contributed by atoms with van der Waals surface area (Å²) in [6, 6.07) is 20.8. The number of fused-ring (bicyclic) bond motifs is 7. The summed E-state index contributed by atoms with van der Waals surface area (Å²) in [5.74, 6) is 1.13. The summed E-state index contributed by atoms with van der Waals surface area (Å²) in [5.41, 5.74) is 12.9. The van der Waals surface area contributed by atoms with Crippen LogP contribution in [0.1, 0.15) is 141 Å². The van der Waals surface area contributed by atoms with E-state index in [4.69, 9.17) is 4.74 Å². The zero-order chi connectivity index (χ0) is 44.3. The predicted molar refractivity (Wildman–Crippen MR) is 252 cm³/mol. The van der Waals surface area contributed by atoms with Gasteiger partial charge in [-0.25, -0.2) is 0 Å². The molecule has 1 unspecified atom stereocenters. The second kappa shape index (κ2) is 13.1. The Labute approximate surface area is 367 Å². The number of benzene rings is 4. The standard InChI is InChI=1S/C55H60BF3N2O/c1-32-25-34(50(2,3)4)17-20-43(32)61-46-28-35(55(57,58)59)27-45-48(46)56(47-33-15-13-14-16-37(26-33)62-49(47)61)42-30-40-41(54(11,12)24-23-53(40,9)10)31-44(42)60(45)36-18-19-38-39(29-36)52(7,8)22-21-51(38,5)6/h13-20,25-31,33H,21-24H2,1-12H3. The molecule has 7 heteroatoms. The van der Waals surface area contributed by atoms with Gasteiger partial charge in [0.05, 0.1) is 11.3 Å². The van der Waals surface area contributed by atoms with Crippen molar-refractivity contribution in [2.45, 2.75) is 142 Å². The van der Waals surface area contributed by atoms with E-state index < -0.39 is 11.7 Å². The summed E-state index contributed by atoms with van der Waals surface area (Å²) < 4.78 is 54.1. The first-order valence-corrected chi connectivity index (χ1v) is 22.7. The number of ether oxygens (including phenoxy) is 1. The Morgan fingerprint density at radius 3 is 1.84 bits per heavy atom. The van der Waals surface area contributed by atoms with Gasteiger partial charge in [0, 0.05) is 28.7 Å². The van der Waals surface area contributed by atoms with Crippen LogP contribution in [0, 0.1) is 12.8 Å². The van der Waals surface area contributed by atoms with Gasteiger partial charge in [-0.3, -0.25) is 4.90 Å². The Morgan fingerprint density at radius 2 is 1.23 bits per heavy atom. The van der Waals surface area contributed by atoms with Crippen molar-refractivity contribution in [1.82, 2.24) is 0 Å². The normalized spacial score (nSPS) is 22.1. The van der Waals surface area contributed by atoms with Crippen LogP contribution in [0.3, 0.4) is 0 Å². The number of rotatable bonds is 2. The van der Waals surface area contributed by atoms with Gasteiger partial charge >= 0.3 is 6.18 Å². The van der Waals surface area contributed by atoms with Crippen LogP contribution in [0.4, 0.5) is 41.6 Å². The maximum atomic E-state index is 15.7. The molecule has 4 aromatic carbocycles. The maximum Gasteiger partial charge on any atom is 0.416 e. The van der Waals surface area contributed by atoms with Crippen LogP contribution in [0.5, 0.6) is 0 Å². The minimum Gasteiger partial charge on any atom is -0.442 e. The number of nitrogens with zero attached hydrogens (tertiary/aromatic N) is 2. The molecule has 0 saturated carbocycles. The number of anilines is 5. The van der Waals surface area contributed by atoms with Crippen molar-refractivity contribution in [3.05, 3.63) is 147 Å². The molecule has 62 heavy (non-hydrogen) atoms. The minimum absolute atomic E-state index is 0.0173. The lowest BCUT2D eigenvalue weighted by Crippen LogP contribution is -2.58. The van der Waals surface area contributed by atoms with E-state index in [9.17, 15) is 0 Å². The van der Waals surface area contributed by atoms with Crippen LogP contribution in [0.2, 0.25) is 0 Å². The molecule has 0 spiro atoms. The van der Waals surface area contributed by atoms with Crippen molar-refractivity contribution < 1.29 is 17.9 Å². The molecule has 6 aliphatic rings. The first kappa shape index (κ1) is 41.1. The molecule has 0 saturated heterocycles. The predicted octanol–water partition coefficient (Wildman–Crippen LogP) is 14.0. The topological polar surface area (TPSA) is 15.7 Å². The first-order valence-electron chi connectivity index (χ1n) is 22.7.